The van der Waals surface area contributed by atoms with E-state index in [-0.39, 0.29) is 24.1 Å². The summed E-state index contributed by atoms with van der Waals surface area (Å²) in [6.45, 7) is 1.91. The van der Waals surface area contributed by atoms with Gasteiger partial charge in [-0.2, -0.15) is 0 Å². The molecule has 122 valence electrons. The van der Waals surface area contributed by atoms with Gasteiger partial charge in [-0.1, -0.05) is 30.3 Å². The Morgan fingerprint density at radius 2 is 1.88 bits per heavy atom. The lowest BCUT2D eigenvalue weighted by Crippen LogP contribution is -2.37. The van der Waals surface area contributed by atoms with Crippen molar-refractivity contribution in [3.05, 3.63) is 77.8 Å². The van der Waals surface area contributed by atoms with Crippen molar-refractivity contribution in [1.82, 2.24) is 4.90 Å². The molecule has 0 aromatic heterocycles. The van der Waals surface area contributed by atoms with Crippen LogP contribution in [0.15, 0.2) is 60.8 Å². The summed E-state index contributed by atoms with van der Waals surface area (Å²) in [7, 11) is 0. The number of allylic oxidation sites excluding steroid dienone is 1. The Kier molecular flexibility index (Phi) is 4.42. The number of urea groups is 1. The average molecular weight is 324 g/mol. The minimum absolute atomic E-state index is 0.0655. The van der Waals surface area contributed by atoms with Crippen LogP contribution in [-0.4, -0.2) is 16.7 Å². The van der Waals surface area contributed by atoms with Crippen molar-refractivity contribution in [2.75, 3.05) is 5.32 Å². The molecule has 2 aromatic carbocycles. The van der Waals surface area contributed by atoms with Crippen LogP contribution in [-0.2, 0) is 4.79 Å². The quantitative estimate of drug-likeness (QED) is 0.900. The number of aryl methyl sites for hydroxylation is 1. The second-order valence-electron chi connectivity index (χ2n) is 5.71. The third-order valence-corrected chi connectivity index (χ3v) is 4.03. The summed E-state index contributed by atoms with van der Waals surface area (Å²) in [6, 6.07) is 12.5. The molecule has 1 aliphatic rings. The fourth-order valence-electron chi connectivity index (χ4n) is 2.69. The Labute approximate surface area is 139 Å². The van der Waals surface area contributed by atoms with E-state index in [0.717, 1.165) is 5.56 Å². The molecule has 2 amide bonds. The molecule has 5 heteroatoms. The number of amides is 2. The second-order valence-corrected chi connectivity index (χ2v) is 5.71. The number of benzene rings is 2. The van der Waals surface area contributed by atoms with Gasteiger partial charge in [-0.25, -0.2) is 9.18 Å². The zero-order valence-corrected chi connectivity index (χ0v) is 13.2. The molecule has 1 N–H and O–H groups in total. The minimum Gasteiger partial charge on any atom is -0.307 e. The average Bonchev–Trinajstić information content (AvgIpc) is 2.57. The molecule has 0 radical (unpaired) electrons. The highest BCUT2D eigenvalue weighted by Gasteiger charge is 2.28. The van der Waals surface area contributed by atoms with Crippen molar-refractivity contribution >= 4 is 17.5 Å². The summed E-state index contributed by atoms with van der Waals surface area (Å²) in [5.74, 6) is -0.420. The van der Waals surface area contributed by atoms with Gasteiger partial charge in [0.1, 0.15) is 5.82 Å². The molecule has 3 rings (SSSR count). The standard InChI is InChI=1S/C19H17FN2O2/c1-13-4-2-3-5-17(13)21-19(24)22-11-10-16(23)12-18(22)14-6-8-15(20)9-7-14/h2-11,18H,12H2,1H3,(H,21,24)/t18-/m0/s1. The first-order valence-electron chi connectivity index (χ1n) is 7.66. The fourth-order valence-corrected chi connectivity index (χ4v) is 2.69. The Balaban J connectivity index is 1.87. The van der Waals surface area contributed by atoms with Gasteiger partial charge in [0.25, 0.3) is 0 Å². The third kappa shape index (κ3) is 3.35. The second kappa shape index (κ2) is 6.66. The molecular weight excluding hydrogens is 307 g/mol. The number of halogens is 1. The van der Waals surface area contributed by atoms with E-state index in [1.54, 1.807) is 12.1 Å². The summed E-state index contributed by atoms with van der Waals surface area (Å²) in [5, 5.41) is 2.86. The fraction of sp³-hybridized carbons (Fsp3) is 0.158. The lowest BCUT2D eigenvalue weighted by atomic mass is 9.97. The Hall–Kier alpha value is -2.95. The zero-order chi connectivity index (χ0) is 17.1. The van der Waals surface area contributed by atoms with E-state index < -0.39 is 6.04 Å². The molecule has 0 saturated carbocycles. The maximum absolute atomic E-state index is 13.1. The Morgan fingerprint density at radius 3 is 2.58 bits per heavy atom. The maximum Gasteiger partial charge on any atom is 0.326 e. The topological polar surface area (TPSA) is 49.4 Å². The summed E-state index contributed by atoms with van der Waals surface area (Å²) in [6.07, 6.45) is 3.04. The van der Waals surface area contributed by atoms with E-state index in [1.165, 1.54) is 29.3 Å². The van der Waals surface area contributed by atoms with E-state index in [2.05, 4.69) is 5.32 Å². The summed E-state index contributed by atoms with van der Waals surface area (Å²) < 4.78 is 13.1. The highest BCUT2D eigenvalue weighted by molar-refractivity contribution is 5.96. The number of nitrogens with zero attached hydrogens (tertiary/aromatic N) is 1. The van der Waals surface area contributed by atoms with Crippen LogP contribution in [0.25, 0.3) is 0 Å². The number of anilines is 1. The van der Waals surface area contributed by atoms with E-state index >= 15 is 0 Å². The van der Waals surface area contributed by atoms with Crippen molar-refractivity contribution in [3.63, 3.8) is 0 Å². The van der Waals surface area contributed by atoms with E-state index in [1.807, 2.05) is 31.2 Å². The van der Waals surface area contributed by atoms with Gasteiger partial charge in [-0.15, -0.1) is 0 Å². The molecule has 1 atom stereocenters. The molecule has 0 fully saturated rings. The van der Waals surface area contributed by atoms with E-state index in [9.17, 15) is 14.0 Å². The van der Waals surface area contributed by atoms with Crippen LogP contribution in [0.5, 0.6) is 0 Å². The first-order chi connectivity index (χ1) is 11.5. The van der Waals surface area contributed by atoms with Crippen molar-refractivity contribution in [2.45, 2.75) is 19.4 Å². The smallest absolute Gasteiger partial charge is 0.307 e. The monoisotopic (exact) mass is 324 g/mol. The predicted molar refractivity (Wildman–Crippen MR) is 89.9 cm³/mol. The third-order valence-electron chi connectivity index (χ3n) is 4.03. The van der Waals surface area contributed by atoms with Gasteiger partial charge in [0.15, 0.2) is 5.78 Å². The number of nitrogens with one attached hydrogen (secondary N) is 1. The molecule has 4 nitrogen and oxygen atoms in total. The zero-order valence-electron chi connectivity index (χ0n) is 13.2. The van der Waals surface area contributed by atoms with Crippen molar-refractivity contribution in [3.8, 4) is 0 Å². The minimum atomic E-state index is -0.452. The maximum atomic E-state index is 13.1. The molecule has 0 spiro atoms. The van der Waals surface area contributed by atoms with Gasteiger partial charge in [-0.05, 0) is 42.3 Å². The van der Waals surface area contributed by atoms with Gasteiger partial charge in [0.05, 0.1) is 6.04 Å². The molecule has 1 heterocycles. The van der Waals surface area contributed by atoms with Gasteiger partial charge >= 0.3 is 6.03 Å². The number of carbonyl (C=O) groups excluding carboxylic acids is 2. The molecule has 0 bridgehead atoms. The van der Waals surface area contributed by atoms with Crippen LogP contribution in [0.3, 0.4) is 0 Å². The van der Waals surface area contributed by atoms with Gasteiger partial charge < -0.3 is 5.32 Å². The molecule has 1 aliphatic heterocycles. The Morgan fingerprint density at radius 1 is 1.17 bits per heavy atom. The number of hydrogen-bond acceptors (Lipinski definition) is 2. The van der Waals surface area contributed by atoms with Crippen molar-refractivity contribution < 1.29 is 14.0 Å². The van der Waals surface area contributed by atoms with Gasteiger partial charge in [0.2, 0.25) is 0 Å². The lowest BCUT2D eigenvalue weighted by Gasteiger charge is -2.31. The number of carbonyl (C=O) groups is 2. The van der Waals surface area contributed by atoms with Crippen LogP contribution in [0.2, 0.25) is 0 Å². The van der Waals surface area contributed by atoms with Crippen molar-refractivity contribution in [1.29, 1.82) is 0 Å². The largest absolute Gasteiger partial charge is 0.326 e. The summed E-state index contributed by atoms with van der Waals surface area (Å²) >= 11 is 0. The first kappa shape index (κ1) is 15.9. The molecule has 2 aromatic rings. The first-order valence-corrected chi connectivity index (χ1v) is 7.66. The normalized spacial score (nSPS) is 17.0. The number of para-hydroxylation sites is 1. The van der Waals surface area contributed by atoms with Gasteiger partial charge in [0, 0.05) is 18.3 Å². The highest BCUT2D eigenvalue weighted by Crippen LogP contribution is 2.29. The van der Waals surface area contributed by atoms with Crippen LogP contribution in [0, 0.1) is 12.7 Å². The molecule has 0 aliphatic carbocycles. The summed E-state index contributed by atoms with van der Waals surface area (Å²) in [4.78, 5) is 25.9. The summed E-state index contributed by atoms with van der Waals surface area (Å²) in [5.41, 5.74) is 2.38. The molecular formula is C19H17FN2O2. The van der Waals surface area contributed by atoms with Crippen LogP contribution >= 0.6 is 0 Å². The van der Waals surface area contributed by atoms with E-state index in [0.29, 0.717) is 11.3 Å². The SMILES string of the molecule is Cc1ccccc1NC(=O)N1C=CC(=O)C[C@H]1c1ccc(F)cc1. The number of rotatable bonds is 2. The Bertz CT molecular complexity index is 799. The highest BCUT2D eigenvalue weighted by atomic mass is 19.1. The van der Waals surface area contributed by atoms with Gasteiger partial charge in [-0.3, -0.25) is 9.69 Å². The number of ketones is 1. The van der Waals surface area contributed by atoms with Crippen LogP contribution < -0.4 is 5.32 Å². The van der Waals surface area contributed by atoms with Crippen molar-refractivity contribution in [2.24, 2.45) is 0 Å². The molecule has 0 saturated heterocycles. The van der Waals surface area contributed by atoms with Crippen LogP contribution in [0.1, 0.15) is 23.6 Å². The van der Waals surface area contributed by atoms with E-state index in [4.69, 9.17) is 0 Å². The molecule has 24 heavy (non-hydrogen) atoms. The number of hydrogen-bond donors (Lipinski definition) is 1. The van der Waals surface area contributed by atoms with Crippen LogP contribution in [0.4, 0.5) is 14.9 Å². The predicted octanol–water partition coefficient (Wildman–Crippen LogP) is 4.20. The molecule has 0 unspecified atom stereocenters. The lowest BCUT2D eigenvalue weighted by molar-refractivity contribution is -0.116.